The lowest BCUT2D eigenvalue weighted by atomic mass is 10.0. The molecule has 60 heavy (non-hydrogen) atoms. The molecule has 14 heteroatoms. The van der Waals surface area contributed by atoms with E-state index < -0.39 is 0 Å². The summed E-state index contributed by atoms with van der Waals surface area (Å²) >= 11 is 2.10. The fourth-order valence-corrected chi connectivity index (χ4v) is 8.37. The fourth-order valence-electron chi connectivity index (χ4n) is 7.25. The summed E-state index contributed by atoms with van der Waals surface area (Å²) in [6, 6.07) is 57.0. The van der Waals surface area contributed by atoms with Gasteiger partial charge in [-0.3, -0.25) is 0 Å². The Morgan fingerprint density at radius 1 is 0.350 bits per heavy atom. The molecular weight excluding hydrogens is 789 g/mol. The summed E-state index contributed by atoms with van der Waals surface area (Å²) < 4.78 is 31.4. The van der Waals surface area contributed by atoms with Crippen molar-refractivity contribution in [3.8, 4) is 45.8 Å². The number of fused-ring (bicyclic) bond motifs is 2. The molecule has 1 aliphatic rings. The van der Waals surface area contributed by atoms with Gasteiger partial charge in [0.15, 0.2) is 0 Å². The van der Waals surface area contributed by atoms with Gasteiger partial charge in [0.05, 0.1) is 34.2 Å². The molecular formula is C46H28N10O2S2. The molecule has 3 aromatic heterocycles. The summed E-state index contributed by atoms with van der Waals surface area (Å²) in [5.41, 5.74) is 10.8. The highest BCUT2D eigenvalue weighted by molar-refractivity contribution is 7.58. The van der Waals surface area contributed by atoms with Crippen LogP contribution in [0, 0.1) is 0 Å². The predicted molar refractivity (Wildman–Crippen MR) is 236 cm³/mol. The van der Waals surface area contributed by atoms with E-state index in [0.29, 0.717) is 45.3 Å². The summed E-state index contributed by atoms with van der Waals surface area (Å²) in [7, 11) is 0. The molecule has 0 unspecified atom stereocenters. The second-order valence-corrected chi connectivity index (χ2v) is 14.7. The molecule has 12 nitrogen and oxygen atoms in total. The zero-order valence-corrected chi connectivity index (χ0v) is 32.9. The maximum Gasteiger partial charge on any atom is 0.252 e. The Kier molecular flexibility index (Phi) is 8.87. The van der Waals surface area contributed by atoms with Crippen LogP contribution < -0.4 is 9.80 Å². The topological polar surface area (TPSA) is 135 Å². The van der Waals surface area contributed by atoms with Gasteiger partial charge in [0.1, 0.15) is 22.4 Å². The number of hydrogen-bond acceptors (Lipinski definition) is 13. The minimum atomic E-state index is 0.248. The lowest BCUT2D eigenvalue weighted by Gasteiger charge is -2.25. The number of para-hydroxylation sites is 4. The van der Waals surface area contributed by atoms with Gasteiger partial charge in [-0.2, -0.15) is 17.5 Å². The van der Waals surface area contributed by atoms with Crippen LogP contribution in [-0.2, 0) is 11.4 Å². The molecule has 0 saturated heterocycles. The third-order valence-electron chi connectivity index (χ3n) is 10.0. The van der Waals surface area contributed by atoms with Crippen LogP contribution in [0.3, 0.4) is 0 Å². The van der Waals surface area contributed by atoms with E-state index in [1.165, 1.54) is 0 Å². The maximum atomic E-state index is 6.35. The van der Waals surface area contributed by atoms with Gasteiger partial charge in [-0.05, 0) is 97.1 Å². The van der Waals surface area contributed by atoms with E-state index in [2.05, 4.69) is 96.2 Å². The first-order chi connectivity index (χ1) is 29.8. The van der Waals surface area contributed by atoms with Gasteiger partial charge in [-0.1, -0.05) is 72.8 Å². The third kappa shape index (κ3) is 6.32. The average Bonchev–Trinajstić information content (AvgIpc) is 4.17. The van der Waals surface area contributed by atoms with Crippen LogP contribution in [0.1, 0.15) is 0 Å². The van der Waals surface area contributed by atoms with Crippen LogP contribution >= 0.6 is 11.7 Å². The Morgan fingerprint density at radius 2 is 0.667 bits per heavy atom. The van der Waals surface area contributed by atoms with Crippen molar-refractivity contribution in [2.75, 3.05) is 9.80 Å². The van der Waals surface area contributed by atoms with Crippen molar-refractivity contribution in [2.45, 2.75) is 0 Å². The zero-order chi connectivity index (χ0) is 39.8. The first-order valence-corrected chi connectivity index (χ1v) is 20.3. The summed E-state index contributed by atoms with van der Waals surface area (Å²) in [6.45, 7) is 0. The molecule has 0 radical (unpaired) electrons. The number of aromatic nitrogens is 6. The van der Waals surface area contributed by atoms with Crippen LogP contribution in [0.2, 0.25) is 0 Å². The maximum absolute atomic E-state index is 6.35. The predicted octanol–water partition coefficient (Wildman–Crippen LogP) is 12.8. The number of hydrogen-bond donors (Lipinski definition) is 0. The van der Waals surface area contributed by atoms with Crippen LogP contribution in [0.25, 0.3) is 56.9 Å². The summed E-state index contributed by atoms with van der Waals surface area (Å²) in [5, 5.41) is 17.8. The van der Waals surface area contributed by atoms with Crippen molar-refractivity contribution in [3.05, 3.63) is 170 Å². The van der Waals surface area contributed by atoms with E-state index in [1.807, 2.05) is 121 Å². The summed E-state index contributed by atoms with van der Waals surface area (Å²) in [4.78, 5) is 4.38. The first-order valence-electron chi connectivity index (χ1n) is 18.9. The van der Waals surface area contributed by atoms with Gasteiger partial charge in [0.25, 0.3) is 11.8 Å². The highest BCUT2D eigenvalue weighted by Crippen LogP contribution is 2.52. The van der Waals surface area contributed by atoms with Crippen LogP contribution in [0.4, 0.5) is 45.5 Å². The number of benzene rings is 7. The van der Waals surface area contributed by atoms with Crippen LogP contribution in [-0.4, -0.2) is 29.1 Å². The quantitative estimate of drug-likeness (QED) is 0.131. The van der Waals surface area contributed by atoms with E-state index in [0.717, 1.165) is 68.3 Å². The van der Waals surface area contributed by atoms with Crippen LogP contribution in [0.5, 0.6) is 0 Å². The SMILES string of the molecule is c1ccc(N(c2ccccc2)c2ccc(-c3nnc(-c4c5c(c(-c6nnc(-c7ccc(N(c8ccccc8)c8ccccc8)cc7)o6)c6nsnc46)N=S=N5)o3)cc2)cc1. The first kappa shape index (κ1) is 35.2. The Morgan fingerprint density at radius 3 is 1.02 bits per heavy atom. The van der Waals surface area contributed by atoms with Gasteiger partial charge in [0.2, 0.25) is 11.8 Å². The summed E-state index contributed by atoms with van der Waals surface area (Å²) in [5.74, 6) is 1.19. The van der Waals surface area contributed by atoms with E-state index in [-0.39, 0.29) is 11.8 Å². The largest absolute Gasteiger partial charge is 0.416 e. The highest BCUT2D eigenvalue weighted by Gasteiger charge is 2.31. The number of rotatable bonds is 10. The lowest BCUT2D eigenvalue weighted by Crippen LogP contribution is -2.09. The minimum Gasteiger partial charge on any atom is -0.416 e. The molecule has 0 saturated carbocycles. The number of anilines is 6. The second-order valence-electron chi connectivity index (χ2n) is 13.6. The molecule has 286 valence electrons. The lowest BCUT2D eigenvalue weighted by molar-refractivity contribution is 0.584. The summed E-state index contributed by atoms with van der Waals surface area (Å²) in [6.07, 6.45) is 0. The molecule has 10 aromatic rings. The Hall–Kier alpha value is -7.94. The third-order valence-corrected chi connectivity index (χ3v) is 11.1. The molecule has 4 heterocycles. The Bertz CT molecular complexity index is 2900. The van der Waals surface area contributed by atoms with E-state index in [9.17, 15) is 0 Å². The monoisotopic (exact) mass is 816 g/mol. The van der Waals surface area contributed by atoms with Gasteiger partial charge in [-0.25, -0.2) is 0 Å². The second kappa shape index (κ2) is 15.1. The molecule has 1 aliphatic heterocycles. The molecule has 0 spiro atoms. The van der Waals surface area contributed by atoms with Crippen molar-refractivity contribution >= 4 is 79.6 Å². The van der Waals surface area contributed by atoms with E-state index in [1.54, 1.807) is 0 Å². The molecule has 0 aliphatic carbocycles. The molecule has 0 atom stereocenters. The Labute approximate surface area is 350 Å². The zero-order valence-electron chi connectivity index (χ0n) is 31.3. The smallest absolute Gasteiger partial charge is 0.252 e. The molecule has 0 bridgehead atoms. The van der Waals surface area contributed by atoms with Crippen molar-refractivity contribution in [1.82, 2.24) is 29.1 Å². The van der Waals surface area contributed by atoms with Gasteiger partial charge in [0, 0.05) is 45.3 Å². The van der Waals surface area contributed by atoms with Crippen molar-refractivity contribution in [3.63, 3.8) is 0 Å². The molecule has 0 fully saturated rings. The van der Waals surface area contributed by atoms with Gasteiger partial charge in [-0.15, -0.1) is 20.4 Å². The molecule has 11 rings (SSSR count). The Balaban J connectivity index is 0.905. The highest BCUT2D eigenvalue weighted by atomic mass is 32.1. The standard InChI is InChI=1S/C46H28N10O2S2/c1-5-13-31(14-6-1)55(32-15-7-2-8-16-32)35-25-21-29(22-26-35)43-47-49-45(57-43)37-39-41(53-59-51-39)38(42-40(37)52-60-54-42)46-50-48-44(58-46)30-23-27-36(28-24-30)56(33-17-9-3-10-18-33)34-19-11-4-12-20-34/h1-28H. The minimum absolute atomic E-state index is 0.248. The fraction of sp³-hybridized carbons (Fsp3) is 0. The average molecular weight is 817 g/mol. The van der Waals surface area contributed by atoms with Gasteiger partial charge >= 0.3 is 0 Å². The molecule has 0 amide bonds. The normalized spacial score (nSPS) is 11.7. The molecule has 0 N–H and O–H groups in total. The van der Waals surface area contributed by atoms with Crippen molar-refractivity contribution < 1.29 is 8.83 Å². The van der Waals surface area contributed by atoms with E-state index >= 15 is 0 Å². The van der Waals surface area contributed by atoms with Crippen LogP contribution in [0.15, 0.2) is 187 Å². The number of nitrogens with zero attached hydrogens (tertiary/aromatic N) is 10. The van der Waals surface area contributed by atoms with E-state index in [4.69, 9.17) is 8.83 Å². The van der Waals surface area contributed by atoms with Crippen molar-refractivity contribution in [1.29, 1.82) is 0 Å². The molecule has 7 aromatic carbocycles. The van der Waals surface area contributed by atoms with Crippen molar-refractivity contribution in [2.24, 2.45) is 8.73 Å². The van der Waals surface area contributed by atoms with Gasteiger partial charge < -0.3 is 18.6 Å².